The van der Waals surface area contributed by atoms with Gasteiger partial charge >= 0.3 is 5.69 Å². The Kier molecular flexibility index (Phi) is 4.28. The lowest BCUT2D eigenvalue weighted by Crippen LogP contribution is -2.17. The Morgan fingerprint density at radius 3 is 2.92 bits per heavy atom. The van der Waals surface area contributed by atoms with Gasteiger partial charge in [0.05, 0.1) is 5.75 Å². The first-order valence-electron chi connectivity index (χ1n) is 8.23. The summed E-state index contributed by atoms with van der Waals surface area (Å²) >= 11 is 1.33. The van der Waals surface area contributed by atoms with Gasteiger partial charge in [0.25, 0.3) is 0 Å². The smallest absolute Gasteiger partial charge is 0.325 e. The van der Waals surface area contributed by atoms with Gasteiger partial charge in [-0.3, -0.25) is 4.79 Å². The highest BCUT2D eigenvalue weighted by atomic mass is 32.2. The van der Waals surface area contributed by atoms with Crippen LogP contribution in [0.5, 0.6) is 0 Å². The van der Waals surface area contributed by atoms with Crippen LogP contribution in [0.3, 0.4) is 0 Å². The molecule has 2 aromatic carbocycles. The highest BCUT2D eigenvalue weighted by molar-refractivity contribution is 8.00. The number of rotatable bonds is 4. The van der Waals surface area contributed by atoms with Gasteiger partial charge in [-0.1, -0.05) is 48.2 Å². The summed E-state index contributed by atoms with van der Waals surface area (Å²) in [5.74, 6) is 0.127. The predicted octanol–water partition coefficient (Wildman–Crippen LogP) is 3.14. The van der Waals surface area contributed by atoms with Crippen molar-refractivity contribution in [2.45, 2.75) is 24.3 Å². The third-order valence-electron chi connectivity index (χ3n) is 4.34. The molecule has 0 unspecified atom stereocenters. The molecular formula is C19H17N3O2S. The fourth-order valence-corrected chi connectivity index (χ4v) is 4.10. The van der Waals surface area contributed by atoms with E-state index in [4.69, 9.17) is 0 Å². The molecule has 0 aliphatic heterocycles. The van der Waals surface area contributed by atoms with Crippen LogP contribution >= 0.6 is 11.8 Å². The number of H-pyrrole nitrogens is 1. The van der Waals surface area contributed by atoms with Crippen molar-refractivity contribution < 1.29 is 4.79 Å². The molecule has 0 atom stereocenters. The number of aromatic amines is 1. The molecule has 4 rings (SSSR count). The van der Waals surface area contributed by atoms with Crippen LogP contribution in [0, 0.1) is 0 Å². The largest absolute Gasteiger partial charge is 0.346 e. The van der Waals surface area contributed by atoms with E-state index in [1.165, 1.54) is 11.8 Å². The Morgan fingerprint density at radius 1 is 1.16 bits per heavy atom. The van der Waals surface area contributed by atoms with Gasteiger partial charge in [0, 0.05) is 22.3 Å². The van der Waals surface area contributed by atoms with Gasteiger partial charge in [0.1, 0.15) is 5.03 Å². The van der Waals surface area contributed by atoms with Crippen molar-refractivity contribution >= 4 is 34.1 Å². The van der Waals surface area contributed by atoms with E-state index >= 15 is 0 Å². The zero-order valence-electron chi connectivity index (χ0n) is 13.5. The lowest BCUT2D eigenvalue weighted by molar-refractivity contribution is -0.113. The summed E-state index contributed by atoms with van der Waals surface area (Å²) in [6, 6.07) is 13.8. The molecule has 5 nitrogen and oxygen atoms in total. The number of aryl methyl sites for hydroxylation is 1. The maximum absolute atomic E-state index is 12.4. The van der Waals surface area contributed by atoms with Crippen molar-refractivity contribution in [1.29, 1.82) is 0 Å². The molecule has 6 heteroatoms. The molecule has 25 heavy (non-hydrogen) atoms. The van der Waals surface area contributed by atoms with Crippen molar-refractivity contribution in [3.05, 3.63) is 64.2 Å². The van der Waals surface area contributed by atoms with Crippen LogP contribution in [0.25, 0.3) is 10.8 Å². The van der Waals surface area contributed by atoms with Crippen molar-refractivity contribution in [3.63, 3.8) is 0 Å². The van der Waals surface area contributed by atoms with E-state index in [9.17, 15) is 9.59 Å². The second kappa shape index (κ2) is 6.72. The molecule has 2 N–H and O–H groups in total. The average Bonchev–Trinajstić information content (AvgIpc) is 3.08. The first-order chi connectivity index (χ1) is 12.2. The van der Waals surface area contributed by atoms with Crippen LogP contribution in [-0.2, 0) is 17.6 Å². The van der Waals surface area contributed by atoms with Gasteiger partial charge in [0.15, 0.2) is 0 Å². The molecule has 0 spiro atoms. The van der Waals surface area contributed by atoms with Crippen LogP contribution in [0.4, 0.5) is 5.69 Å². The fourth-order valence-electron chi connectivity index (χ4n) is 3.21. The van der Waals surface area contributed by atoms with Gasteiger partial charge in [-0.05, 0) is 30.7 Å². The van der Waals surface area contributed by atoms with Crippen molar-refractivity contribution in [1.82, 2.24) is 9.97 Å². The molecule has 1 aromatic heterocycles. The quantitative estimate of drug-likeness (QED) is 0.559. The first-order valence-corrected chi connectivity index (χ1v) is 9.22. The summed E-state index contributed by atoms with van der Waals surface area (Å²) < 4.78 is 0. The number of fused-ring (bicyclic) bond motifs is 2. The van der Waals surface area contributed by atoms with Crippen molar-refractivity contribution in [2.24, 2.45) is 0 Å². The number of benzene rings is 2. The number of carbonyl (C=O) groups excluding carboxylic acids is 1. The van der Waals surface area contributed by atoms with Crippen LogP contribution in [0.15, 0.2) is 52.3 Å². The lowest BCUT2D eigenvalue weighted by atomic mass is 10.1. The molecule has 0 saturated carbocycles. The number of hydrogen-bond donors (Lipinski definition) is 2. The summed E-state index contributed by atoms with van der Waals surface area (Å²) in [6.07, 6.45) is 2.81. The zero-order chi connectivity index (χ0) is 17.2. The first kappa shape index (κ1) is 15.9. The van der Waals surface area contributed by atoms with Gasteiger partial charge in [-0.25, -0.2) is 4.79 Å². The van der Waals surface area contributed by atoms with E-state index in [2.05, 4.69) is 15.3 Å². The third-order valence-corrected chi connectivity index (χ3v) is 5.36. The van der Waals surface area contributed by atoms with Crippen LogP contribution in [0.2, 0.25) is 0 Å². The van der Waals surface area contributed by atoms with Gasteiger partial charge < -0.3 is 10.3 Å². The molecule has 0 saturated heterocycles. The SMILES string of the molecule is O=C(CSc1nc(=O)[nH]c2c1CCC2)Nc1cccc2ccccc12. The Hall–Kier alpha value is -2.60. The molecular weight excluding hydrogens is 334 g/mol. The molecule has 1 aliphatic rings. The van der Waals surface area contributed by atoms with E-state index in [-0.39, 0.29) is 17.3 Å². The highest BCUT2D eigenvalue weighted by Gasteiger charge is 2.18. The van der Waals surface area contributed by atoms with Crippen LogP contribution in [-0.4, -0.2) is 21.6 Å². The summed E-state index contributed by atoms with van der Waals surface area (Å²) in [7, 11) is 0. The fraction of sp³-hybridized carbons (Fsp3) is 0.211. The van der Waals surface area contributed by atoms with Crippen LogP contribution < -0.4 is 11.0 Å². The number of carbonyl (C=O) groups is 1. The second-order valence-electron chi connectivity index (χ2n) is 6.02. The number of amides is 1. The van der Waals surface area contributed by atoms with Gasteiger partial charge in [-0.2, -0.15) is 4.98 Å². The van der Waals surface area contributed by atoms with E-state index in [1.54, 1.807) is 0 Å². The maximum atomic E-state index is 12.4. The molecule has 1 amide bonds. The van der Waals surface area contributed by atoms with E-state index in [0.29, 0.717) is 5.03 Å². The molecule has 0 radical (unpaired) electrons. The normalized spacial score (nSPS) is 13.0. The summed E-state index contributed by atoms with van der Waals surface area (Å²) in [5, 5.41) is 5.75. The number of hydrogen-bond acceptors (Lipinski definition) is 4. The number of anilines is 1. The summed E-state index contributed by atoms with van der Waals surface area (Å²) in [4.78, 5) is 30.9. The molecule has 0 bridgehead atoms. The molecule has 0 fully saturated rings. The lowest BCUT2D eigenvalue weighted by Gasteiger charge is -2.09. The zero-order valence-corrected chi connectivity index (χ0v) is 14.4. The third kappa shape index (κ3) is 3.30. The molecule has 3 aromatic rings. The average molecular weight is 351 g/mol. The summed E-state index contributed by atoms with van der Waals surface area (Å²) in [5.41, 5.74) is 2.52. The topological polar surface area (TPSA) is 74.8 Å². The van der Waals surface area contributed by atoms with Crippen molar-refractivity contribution in [3.8, 4) is 0 Å². The Morgan fingerprint density at radius 2 is 2.00 bits per heavy atom. The molecule has 1 aliphatic carbocycles. The monoisotopic (exact) mass is 351 g/mol. The van der Waals surface area contributed by atoms with E-state index < -0.39 is 0 Å². The predicted molar refractivity (Wildman–Crippen MR) is 100 cm³/mol. The Labute approximate surface area is 148 Å². The molecule has 126 valence electrons. The van der Waals surface area contributed by atoms with Crippen LogP contribution in [0.1, 0.15) is 17.7 Å². The van der Waals surface area contributed by atoms with Gasteiger partial charge in [-0.15, -0.1) is 0 Å². The highest BCUT2D eigenvalue weighted by Crippen LogP contribution is 2.28. The van der Waals surface area contributed by atoms with Crippen molar-refractivity contribution in [2.75, 3.05) is 11.1 Å². The minimum Gasteiger partial charge on any atom is -0.325 e. The maximum Gasteiger partial charge on any atom is 0.346 e. The molecule has 1 heterocycles. The minimum absolute atomic E-state index is 0.102. The Bertz CT molecular complexity index is 1010. The number of thioether (sulfide) groups is 1. The standard InChI is InChI=1S/C19H17N3O2S/c23-17(20-15-9-3-6-12-5-1-2-7-13(12)15)11-25-18-14-8-4-10-16(14)21-19(24)22-18/h1-3,5-7,9H,4,8,10-11H2,(H,20,23)(H,21,22,24). The number of nitrogens with one attached hydrogen (secondary N) is 2. The minimum atomic E-state index is -0.336. The van der Waals surface area contributed by atoms with E-state index in [0.717, 1.165) is 47.0 Å². The Balaban J connectivity index is 1.49. The number of aromatic nitrogens is 2. The van der Waals surface area contributed by atoms with Gasteiger partial charge in [0.2, 0.25) is 5.91 Å². The number of nitrogens with zero attached hydrogens (tertiary/aromatic N) is 1. The second-order valence-corrected chi connectivity index (χ2v) is 6.99. The van der Waals surface area contributed by atoms with E-state index in [1.807, 2.05) is 42.5 Å². The summed E-state index contributed by atoms with van der Waals surface area (Å²) in [6.45, 7) is 0.